The van der Waals surface area contributed by atoms with Gasteiger partial charge in [0.05, 0.1) is 5.60 Å². The second-order valence-corrected chi connectivity index (χ2v) is 9.63. The Morgan fingerprint density at radius 2 is 1.68 bits per heavy atom. The van der Waals surface area contributed by atoms with Gasteiger partial charge < -0.3 is 10.8 Å². The molecule has 0 aromatic carbocycles. The van der Waals surface area contributed by atoms with Gasteiger partial charge in [0, 0.05) is 12.0 Å². The van der Waals surface area contributed by atoms with Crippen molar-refractivity contribution >= 4 is 0 Å². The van der Waals surface area contributed by atoms with Gasteiger partial charge in [-0.2, -0.15) is 0 Å². The van der Waals surface area contributed by atoms with Gasteiger partial charge in [-0.25, -0.2) is 0 Å². The van der Waals surface area contributed by atoms with Crippen LogP contribution in [0.15, 0.2) is 0 Å². The molecule has 0 aromatic rings. The number of aliphatic hydroxyl groups is 1. The Morgan fingerprint density at radius 1 is 0.909 bits per heavy atom. The minimum atomic E-state index is -0.590. The number of rotatable bonds is 1. The van der Waals surface area contributed by atoms with Crippen LogP contribution < -0.4 is 5.73 Å². The maximum absolute atomic E-state index is 11.1. The lowest BCUT2D eigenvalue weighted by Gasteiger charge is -2.61. The first-order valence-corrected chi connectivity index (χ1v) is 9.87. The van der Waals surface area contributed by atoms with Gasteiger partial charge in [0.2, 0.25) is 0 Å². The molecule has 0 bridgehead atoms. The van der Waals surface area contributed by atoms with E-state index in [9.17, 15) is 5.11 Å². The van der Waals surface area contributed by atoms with Crippen LogP contribution in [-0.4, -0.2) is 17.3 Å². The van der Waals surface area contributed by atoms with Crippen LogP contribution in [0.25, 0.3) is 0 Å². The minimum absolute atomic E-state index is 0.0841. The van der Waals surface area contributed by atoms with Crippen LogP contribution in [-0.2, 0) is 0 Å². The molecule has 0 unspecified atom stereocenters. The predicted molar refractivity (Wildman–Crippen MR) is 90.3 cm³/mol. The molecule has 0 saturated heterocycles. The third-order valence-electron chi connectivity index (χ3n) is 9.24. The average Bonchev–Trinajstić information content (AvgIpc) is 2.79. The van der Waals surface area contributed by atoms with E-state index in [1.807, 2.05) is 0 Å². The Balaban J connectivity index is 1.65. The maximum Gasteiger partial charge on any atom is 0.0825 e. The van der Waals surface area contributed by atoms with E-state index in [1.165, 1.54) is 57.8 Å². The summed E-state index contributed by atoms with van der Waals surface area (Å²) in [4.78, 5) is 0. The first kappa shape index (κ1) is 15.4. The SMILES string of the molecule is C[C@]12CCCC[C@@H]1CC[C@@H]1[C@@H]2CC[C@@]2(C)[C@H]1CC[C@@]2(O)CN. The fourth-order valence-electron chi connectivity index (χ4n) is 7.74. The Kier molecular flexibility index (Phi) is 3.48. The third-order valence-corrected chi connectivity index (χ3v) is 9.24. The summed E-state index contributed by atoms with van der Waals surface area (Å²) in [6.07, 6.45) is 13.4. The molecule has 4 saturated carbocycles. The molecule has 0 aliphatic heterocycles. The largest absolute Gasteiger partial charge is 0.388 e. The van der Waals surface area contributed by atoms with Gasteiger partial charge in [0.1, 0.15) is 0 Å². The lowest BCUT2D eigenvalue weighted by Crippen LogP contribution is -2.58. The van der Waals surface area contributed by atoms with Crippen LogP contribution in [0.2, 0.25) is 0 Å². The number of fused-ring (bicyclic) bond motifs is 5. The molecular formula is C20H35NO. The summed E-state index contributed by atoms with van der Waals surface area (Å²) in [5.41, 5.74) is 6.11. The van der Waals surface area contributed by atoms with E-state index in [-0.39, 0.29) is 5.41 Å². The topological polar surface area (TPSA) is 46.2 Å². The first-order chi connectivity index (χ1) is 10.4. The van der Waals surface area contributed by atoms with Gasteiger partial charge in [-0.3, -0.25) is 0 Å². The van der Waals surface area contributed by atoms with Gasteiger partial charge in [-0.1, -0.05) is 26.7 Å². The molecule has 4 aliphatic rings. The smallest absolute Gasteiger partial charge is 0.0825 e. The van der Waals surface area contributed by atoms with E-state index < -0.39 is 5.60 Å². The molecule has 2 nitrogen and oxygen atoms in total. The van der Waals surface area contributed by atoms with E-state index in [4.69, 9.17) is 5.73 Å². The van der Waals surface area contributed by atoms with Gasteiger partial charge in [-0.05, 0) is 80.5 Å². The summed E-state index contributed by atoms with van der Waals surface area (Å²) >= 11 is 0. The van der Waals surface area contributed by atoms with Crippen LogP contribution in [0.1, 0.15) is 78.1 Å². The minimum Gasteiger partial charge on any atom is -0.388 e. The Morgan fingerprint density at radius 3 is 2.45 bits per heavy atom. The molecule has 4 rings (SSSR count). The molecule has 0 spiro atoms. The Labute approximate surface area is 136 Å². The highest BCUT2D eigenvalue weighted by Gasteiger charge is 2.63. The van der Waals surface area contributed by atoms with Crippen molar-refractivity contribution in [1.29, 1.82) is 0 Å². The molecular weight excluding hydrogens is 270 g/mol. The highest BCUT2D eigenvalue weighted by Crippen LogP contribution is 2.68. The fourth-order valence-corrected chi connectivity index (χ4v) is 7.74. The van der Waals surface area contributed by atoms with Crippen molar-refractivity contribution in [3.63, 3.8) is 0 Å². The lowest BCUT2D eigenvalue weighted by atomic mass is 9.44. The van der Waals surface area contributed by atoms with Crippen molar-refractivity contribution < 1.29 is 5.11 Å². The van der Waals surface area contributed by atoms with Crippen molar-refractivity contribution in [3.8, 4) is 0 Å². The summed E-state index contributed by atoms with van der Waals surface area (Å²) in [5.74, 6) is 3.49. The summed E-state index contributed by atoms with van der Waals surface area (Å²) in [6, 6.07) is 0. The van der Waals surface area contributed by atoms with Crippen LogP contribution >= 0.6 is 0 Å². The van der Waals surface area contributed by atoms with E-state index in [1.54, 1.807) is 0 Å². The average molecular weight is 306 g/mol. The molecule has 0 aromatic heterocycles. The van der Waals surface area contributed by atoms with Crippen molar-refractivity contribution in [2.75, 3.05) is 6.54 Å². The molecule has 4 aliphatic carbocycles. The zero-order chi connectivity index (χ0) is 15.6. The summed E-state index contributed by atoms with van der Waals surface area (Å²) in [5, 5.41) is 11.1. The van der Waals surface area contributed by atoms with Gasteiger partial charge in [-0.15, -0.1) is 0 Å². The highest BCUT2D eigenvalue weighted by atomic mass is 16.3. The van der Waals surface area contributed by atoms with Gasteiger partial charge in [0.25, 0.3) is 0 Å². The normalized spacial score (nSPS) is 57.8. The van der Waals surface area contributed by atoms with E-state index in [0.29, 0.717) is 12.0 Å². The zero-order valence-electron chi connectivity index (χ0n) is 14.6. The quantitative estimate of drug-likeness (QED) is 0.766. The van der Waals surface area contributed by atoms with Crippen LogP contribution in [0, 0.1) is 34.5 Å². The van der Waals surface area contributed by atoms with Crippen LogP contribution in [0.5, 0.6) is 0 Å². The van der Waals surface area contributed by atoms with Crippen LogP contribution in [0.3, 0.4) is 0 Å². The molecule has 126 valence electrons. The zero-order valence-corrected chi connectivity index (χ0v) is 14.6. The Hall–Kier alpha value is -0.0800. The maximum atomic E-state index is 11.1. The summed E-state index contributed by atoms with van der Waals surface area (Å²) < 4.78 is 0. The van der Waals surface area contributed by atoms with Gasteiger partial charge in [0.15, 0.2) is 0 Å². The summed E-state index contributed by atoms with van der Waals surface area (Å²) in [6.45, 7) is 5.45. The van der Waals surface area contributed by atoms with Crippen molar-refractivity contribution in [2.45, 2.75) is 83.7 Å². The standard InChI is InChI=1S/C20H35NO/c1-18-10-4-3-5-14(18)6-7-15-16(18)8-11-19(2)17(15)9-12-20(19,22)13-21/h14-17,22H,3-13,21H2,1-2H3/t14-,15-,16+,17+,18+,19+,20-/m1/s1. The molecule has 4 fully saturated rings. The number of hydrogen-bond acceptors (Lipinski definition) is 2. The number of nitrogens with two attached hydrogens (primary N) is 1. The second-order valence-electron chi connectivity index (χ2n) is 9.63. The fraction of sp³-hybridized carbons (Fsp3) is 1.00. The van der Waals surface area contributed by atoms with E-state index in [0.717, 1.165) is 30.1 Å². The second kappa shape index (κ2) is 4.96. The number of hydrogen-bond donors (Lipinski definition) is 2. The first-order valence-electron chi connectivity index (χ1n) is 9.87. The predicted octanol–water partition coefficient (Wildman–Crippen LogP) is 4.11. The molecule has 0 radical (unpaired) electrons. The molecule has 0 heterocycles. The highest BCUT2D eigenvalue weighted by molar-refractivity contribution is 5.14. The van der Waals surface area contributed by atoms with E-state index >= 15 is 0 Å². The van der Waals surface area contributed by atoms with Gasteiger partial charge >= 0.3 is 0 Å². The van der Waals surface area contributed by atoms with E-state index in [2.05, 4.69) is 13.8 Å². The van der Waals surface area contributed by atoms with Crippen molar-refractivity contribution in [1.82, 2.24) is 0 Å². The third kappa shape index (κ3) is 1.80. The van der Waals surface area contributed by atoms with Crippen molar-refractivity contribution in [3.05, 3.63) is 0 Å². The molecule has 0 amide bonds. The molecule has 22 heavy (non-hydrogen) atoms. The van der Waals surface area contributed by atoms with Crippen LogP contribution in [0.4, 0.5) is 0 Å². The Bertz CT molecular complexity index is 449. The molecule has 3 N–H and O–H groups in total. The molecule has 2 heteroatoms. The molecule has 7 atom stereocenters. The van der Waals surface area contributed by atoms with Crippen molar-refractivity contribution in [2.24, 2.45) is 40.2 Å². The summed E-state index contributed by atoms with van der Waals surface area (Å²) in [7, 11) is 0. The monoisotopic (exact) mass is 305 g/mol. The lowest BCUT2D eigenvalue weighted by molar-refractivity contribution is -0.148.